The molecule has 0 saturated carbocycles. The predicted octanol–water partition coefficient (Wildman–Crippen LogP) is 2.59. The van der Waals surface area contributed by atoms with Crippen LogP contribution in [0, 0.1) is 19.7 Å². The van der Waals surface area contributed by atoms with Crippen LogP contribution in [-0.4, -0.2) is 49.7 Å². The number of nitrogens with zero attached hydrogens (tertiary/aromatic N) is 2. The molecule has 0 aromatic heterocycles. The van der Waals surface area contributed by atoms with Crippen molar-refractivity contribution in [2.24, 2.45) is 0 Å². The molecule has 0 spiro atoms. The highest BCUT2D eigenvalue weighted by atomic mass is 32.2. The lowest BCUT2D eigenvalue weighted by atomic mass is 10.1. The summed E-state index contributed by atoms with van der Waals surface area (Å²) in [6.07, 6.45) is 0. The fourth-order valence-corrected chi connectivity index (χ4v) is 4.53. The van der Waals surface area contributed by atoms with Crippen LogP contribution in [0.5, 0.6) is 0 Å². The summed E-state index contributed by atoms with van der Waals surface area (Å²) in [4.78, 5) is 14.3. The zero-order chi connectivity index (χ0) is 18.9. The summed E-state index contributed by atoms with van der Waals surface area (Å²) in [5, 5.41) is 0. The molecule has 1 aliphatic heterocycles. The van der Waals surface area contributed by atoms with Gasteiger partial charge in [0.05, 0.1) is 4.90 Å². The van der Waals surface area contributed by atoms with E-state index in [4.69, 9.17) is 0 Å². The highest BCUT2D eigenvalue weighted by Crippen LogP contribution is 2.21. The molecule has 2 aromatic rings. The Morgan fingerprint density at radius 1 is 1.00 bits per heavy atom. The Hall–Kier alpha value is -2.25. The number of benzene rings is 2. The molecule has 0 aliphatic carbocycles. The lowest BCUT2D eigenvalue weighted by molar-refractivity contribution is 0.0698. The normalized spacial score (nSPS) is 15.9. The Kier molecular flexibility index (Phi) is 5.11. The zero-order valence-electron chi connectivity index (χ0n) is 14.8. The maximum absolute atomic E-state index is 13.4. The van der Waals surface area contributed by atoms with Gasteiger partial charge in [0.25, 0.3) is 5.91 Å². The van der Waals surface area contributed by atoms with Gasteiger partial charge in [-0.3, -0.25) is 4.79 Å². The van der Waals surface area contributed by atoms with Crippen LogP contribution in [0.25, 0.3) is 0 Å². The van der Waals surface area contributed by atoms with Gasteiger partial charge in [0.2, 0.25) is 10.0 Å². The third-order valence-corrected chi connectivity index (χ3v) is 6.45. The van der Waals surface area contributed by atoms with Crippen LogP contribution >= 0.6 is 0 Å². The summed E-state index contributed by atoms with van der Waals surface area (Å²) in [5.74, 6) is -0.527. The van der Waals surface area contributed by atoms with Gasteiger partial charge in [0.1, 0.15) is 5.82 Å². The molecule has 7 heteroatoms. The van der Waals surface area contributed by atoms with Crippen molar-refractivity contribution >= 4 is 15.9 Å². The molecule has 0 bridgehead atoms. The summed E-state index contributed by atoms with van der Waals surface area (Å²) in [7, 11) is -3.69. The Labute approximate surface area is 153 Å². The lowest BCUT2D eigenvalue weighted by Crippen LogP contribution is -2.50. The van der Waals surface area contributed by atoms with Gasteiger partial charge < -0.3 is 4.90 Å². The summed E-state index contributed by atoms with van der Waals surface area (Å²) >= 11 is 0. The van der Waals surface area contributed by atoms with Crippen molar-refractivity contribution in [2.75, 3.05) is 26.2 Å². The summed E-state index contributed by atoms with van der Waals surface area (Å²) in [6, 6.07) is 11.1. The van der Waals surface area contributed by atoms with Crippen molar-refractivity contribution in [1.29, 1.82) is 0 Å². The van der Waals surface area contributed by atoms with Crippen molar-refractivity contribution in [1.82, 2.24) is 9.21 Å². The highest BCUT2D eigenvalue weighted by Gasteiger charge is 2.30. The van der Waals surface area contributed by atoms with E-state index < -0.39 is 15.8 Å². The molecule has 0 radical (unpaired) electrons. The lowest BCUT2D eigenvalue weighted by Gasteiger charge is -2.34. The number of hydrogen-bond donors (Lipinski definition) is 0. The average Bonchev–Trinajstić information content (AvgIpc) is 2.63. The second kappa shape index (κ2) is 7.17. The minimum absolute atomic E-state index is 0.0786. The molecule has 26 heavy (non-hydrogen) atoms. The quantitative estimate of drug-likeness (QED) is 0.827. The van der Waals surface area contributed by atoms with Crippen LogP contribution in [0.3, 0.4) is 0 Å². The van der Waals surface area contributed by atoms with E-state index in [0.717, 1.165) is 5.56 Å². The first kappa shape index (κ1) is 18.5. The summed E-state index contributed by atoms with van der Waals surface area (Å²) in [6.45, 7) is 4.55. The first-order chi connectivity index (χ1) is 12.3. The molecule has 0 atom stereocenters. The summed E-state index contributed by atoms with van der Waals surface area (Å²) < 4.78 is 40.2. The van der Waals surface area contributed by atoms with Gasteiger partial charge in [-0.1, -0.05) is 17.7 Å². The summed E-state index contributed by atoms with van der Waals surface area (Å²) in [5.41, 5.74) is 1.90. The topological polar surface area (TPSA) is 57.7 Å². The number of piperazine rings is 1. The third kappa shape index (κ3) is 3.64. The first-order valence-corrected chi connectivity index (χ1v) is 9.85. The van der Waals surface area contributed by atoms with Crippen LogP contribution in [0.15, 0.2) is 47.4 Å². The molecule has 1 heterocycles. The highest BCUT2D eigenvalue weighted by molar-refractivity contribution is 7.89. The number of hydrogen-bond acceptors (Lipinski definition) is 3. The number of sulfonamides is 1. The van der Waals surface area contributed by atoms with Gasteiger partial charge in [-0.25, -0.2) is 12.8 Å². The number of aryl methyl sites for hydroxylation is 2. The van der Waals surface area contributed by atoms with E-state index in [1.54, 1.807) is 11.0 Å². The average molecular weight is 376 g/mol. The molecular formula is C19H21FN2O3S. The largest absolute Gasteiger partial charge is 0.336 e. The van der Waals surface area contributed by atoms with E-state index in [-0.39, 0.29) is 23.9 Å². The number of rotatable bonds is 3. The van der Waals surface area contributed by atoms with E-state index >= 15 is 0 Å². The van der Waals surface area contributed by atoms with Crippen LogP contribution in [-0.2, 0) is 10.0 Å². The van der Waals surface area contributed by atoms with Crippen molar-refractivity contribution < 1.29 is 17.6 Å². The Bertz CT molecular complexity index is 936. The van der Waals surface area contributed by atoms with Crippen molar-refractivity contribution in [3.05, 3.63) is 65.0 Å². The minimum atomic E-state index is -3.69. The Morgan fingerprint density at radius 2 is 1.69 bits per heavy atom. The molecule has 0 N–H and O–H groups in total. The molecule has 1 aliphatic rings. The molecular weight excluding hydrogens is 355 g/mol. The SMILES string of the molecule is Cc1cccc(C(=O)N2CCN(S(=O)(=O)c3ccc(F)c(C)c3)CC2)c1. The van der Waals surface area contributed by atoms with Gasteiger partial charge >= 0.3 is 0 Å². The fraction of sp³-hybridized carbons (Fsp3) is 0.316. The molecule has 1 fully saturated rings. The molecule has 2 aromatic carbocycles. The third-order valence-electron chi connectivity index (χ3n) is 4.56. The van der Waals surface area contributed by atoms with Gasteiger partial charge in [-0.05, 0) is 49.7 Å². The number of carbonyl (C=O) groups is 1. The standard InChI is InChI=1S/C19H21FN2O3S/c1-14-4-3-5-16(12-14)19(23)21-8-10-22(11-9-21)26(24,25)17-6-7-18(20)15(2)13-17/h3-7,12-13H,8-11H2,1-2H3. The molecule has 3 rings (SSSR count). The fourth-order valence-electron chi connectivity index (χ4n) is 3.02. The van der Waals surface area contributed by atoms with E-state index in [2.05, 4.69) is 0 Å². The second-order valence-corrected chi connectivity index (χ2v) is 8.41. The van der Waals surface area contributed by atoms with E-state index in [9.17, 15) is 17.6 Å². The first-order valence-electron chi connectivity index (χ1n) is 8.41. The molecule has 138 valence electrons. The van der Waals surface area contributed by atoms with E-state index in [0.29, 0.717) is 24.2 Å². The minimum Gasteiger partial charge on any atom is -0.336 e. The molecule has 1 saturated heterocycles. The van der Waals surface area contributed by atoms with Crippen LogP contribution in [0.2, 0.25) is 0 Å². The van der Waals surface area contributed by atoms with Crippen LogP contribution < -0.4 is 0 Å². The Balaban J connectivity index is 1.71. The van der Waals surface area contributed by atoms with Gasteiger partial charge in [-0.15, -0.1) is 0 Å². The number of halogens is 1. The smallest absolute Gasteiger partial charge is 0.253 e. The number of carbonyl (C=O) groups excluding carboxylic acids is 1. The number of amides is 1. The molecule has 1 amide bonds. The maximum Gasteiger partial charge on any atom is 0.253 e. The molecule has 5 nitrogen and oxygen atoms in total. The van der Waals surface area contributed by atoms with Gasteiger partial charge in [0.15, 0.2) is 0 Å². The van der Waals surface area contributed by atoms with E-state index in [1.165, 1.54) is 29.4 Å². The van der Waals surface area contributed by atoms with Gasteiger partial charge in [0, 0.05) is 31.7 Å². The maximum atomic E-state index is 13.4. The molecule has 0 unspecified atom stereocenters. The van der Waals surface area contributed by atoms with Crippen LogP contribution in [0.4, 0.5) is 4.39 Å². The predicted molar refractivity (Wildman–Crippen MR) is 97.0 cm³/mol. The van der Waals surface area contributed by atoms with Gasteiger partial charge in [-0.2, -0.15) is 4.31 Å². The van der Waals surface area contributed by atoms with E-state index in [1.807, 2.05) is 25.1 Å². The van der Waals surface area contributed by atoms with Crippen molar-refractivity contribution in [3.8, 4) is 0 Å². The van der Waals surface area contributed by atoms with Crippen molar-refractivity contribution in [2.45, 2.75) is 18.7 Å². The van der Waals surface area contributed by atoms with Crippen LogP contribution in [0.1, 0.15) is 21.5 Å². The zero-order valence-corrected chi connectivity index (χ0v) is 15.6. The van der Waals surface area contributed by atoms with Crippen molar-refractivity contribution in [3.63, 3.8) is 0 Å². The monoisotopic (exact) mass is 376 g/mol. The Morgan fingerprint density at radius 3 is 2.31 bits per heavy atom. The second-order valence-electron chi connectivity index (χ2n) is 6.48.